The molecule has 2 heterocycles. The van der Waals surface area contributed by atoms with Gasteiger partial charge in [0.2, 0.25) is 0 Å². The fraction of sp³-hybridized carbons (Fsp3) is 0.286. The molecule has 1 aromatic heterocycles. The number of fused-ring (bicyclic) bond motifs is 1. The smallest absolute Gasteiger partial charge is 0.331 e. The number of anilines is 2. The molecule has 0 saturated carbocycles. The van der Waals surface area contributed by atoms with Crippen LogP contribution < -0.4 is 15.0 Å². The lowest BCUT2D eigenvalue weighted by Gasteiger charge is -2.36. The van der Waals surface area contributed by atoms with Crippen LogP contribution >= 0.6 is 28.7 Å². The van der Waals surface area contributed by atoms with Crippen molar-refractivity contribution in [2.24, 2.45) is 0 Å². The first-order valence-corrected chi connectivity index (χ1v) is 10.8. The van der Waals surface area contributed by atoms with Gasteiger partial charge in [0.25, 0.3) is 0 Å². The van der Waals surface area contributed by atoms with Gasteiger partial charge >= 0.3 is 6.03 Å². The van der Waals surface area contributed by atoms with E-state index >= 15 is 0 Å². The lowest BCUT2D eigenvalue weighted by Crippen LogP contribution is -2.45. The van der Waals surface area contributed by atoms with E-state index in [0.29, 0.717) is 11.4 Å². The van der Waals surface area contributed by atoms with Gasteiger partial charge in [-0.25, -0.2) is 4.79 Å². The molecule has 30 heavy (non-hydrogen) atoms. The van der Waals surface area contributed by atoms with Gasteiger partial charge in [0.05, 0.1) is 13.3 Å². The fourth-order valence-electron chi connectivity index (χ4n) is 3.65. The summed E-state index contributed by atoms with van der Waals surface area (Å²) in [5, 5.41) is 13.5. The van der Waals surface area contributed by atoms with E-state index in [1.54, 1.807) is 19.4 Å². The number of hydrogen-bond donors (Lipinski definition) is 2. The van der Waals surface area contributed by atoms with Gasteiger partial charge in [0, 0.05) is 46.1 Å². The van der Waals surface area contributed by atoms with Gasteiger partial charge < -0.3 is 15.0 Å². The van der Waals surface area contributed by atoms with E-state index in [-0.39, 0.29) is 12.1 Å². The molecule has 0 unspecified atom stereocenters. The molecule has 4 rings (SSSR count). The molecule has 1 aliphatic heterocycles. The van der Waals surface area contributed by atoms with Gasteiger partial charge in [0.1, 0.15) is 5.75 Å². The van der Waals surface area contributed by atoms with Crippen LogP contribution in [0, 0.1) is 0 Å². The molecule has 3 aromatic rings. The number of amides is 2. The Hall–Kier alpha value is -2.52. The van der Waals surface area contributed by atoms with Crippen molar-refractivity contribution in [1.82, 2.24) is 14.5 Å². The lowest BCUT2D eigenvalue weighted by molar-refractivity contribution is 0.223. The molecule has 7 nitrogen and oxygen atoms in total. The van der Waals surface area contributed by atoms with Gasteiger partial charge in [0.15, 0.2) is 5.82 Å². The summed E-state index contributed by atoms with van der Waals surface area (Å²) in [6, 6.07) is 13.2. The molecule has 1 fully saturated rings. The third-order valence-corrected chi connectivity index (χ3v) is 6.24. The number of carbonyl (C=O) groups is 1. The first-order chi connectivity index (χ1) is 14.5. The summed E-state index contributed by atoms with van der Waals surface area (Å²) in [5.41, 5.74) is 0.674. The van der Waals surface area contributed by atoms with Gasteiger partial charge in [-0.2, -0.15) is 5.10 Å². The number of urea groups is 1. The number of rotatable bonds is 4. The maximum Gasteiger partial charge on any atom is 0.331 e. The third-order valence-electron chi connectivity index (χ3n) is 5.24. The predicted molar refractivity (Wildman–Crippen MR) is 125 cm³/mol. The number of benzene rings is 2. The zero-order valence-corrected chi connectivity index (χ0v) is 18.9. The average Bonchev–Trinajstić information content (AvgIpc) is 2.78. The highest BCUT2D eigenvalue weighted by atomic mass is 79.9. The van der Waals surface area contributed by atoms with Crippen LogP contribution in [0.3, 0.4) is 0 Å². The molecule has 1 N–H and O–H groups in total. The summed E-state index contributed by atoms with van der Waals surface area (Å²) < 4.78 is 7.70. The van der Waals surface area contributed by atoms with Crippen LogP contribution in [0.15, 0.2) is 53.1 Å². The number of piperidine rings is 1. The second kappa shape index (κ2) is 9.09. The molecule has 0 spiro atoms. The van der Waals surface area contributed by atoms with E-state index in [1.807, 2.05) is 30.3 Å². The number of ether oxygens (including phenoxy) is 1. The minimum atomic E-state index is -0.250. The number of hydrogen-bond acceptors (Lipinski definition) is 6. The zero-order valence-electron chi connectivity index (χ0n) is 16.5. The van der Waals surface area contributed by atoms with Crippen LogP contribution in [-0.4, -0.2) is 46.8 Å². The van der Waals surface area contributed by atoms with Gasteiger partial charge in [-0.15, -0.1) is 5.10 Å². The van der Waals surface area contributed by atoms with Gasteiger partial charge in [-0.3, -0.25) is 4.31 Å². The monoisotopic (exact) mass is 487 g/mol. The van der Waals surface area contributed by atoms with Gasteiger partial charge in [-0.05, 0) is 43.2 Å². The summed E-state index contributed by atoms with van der Waals surface area (Å²) in [7, 11) is 1.60. The SMILES string of the molecule is COc1cccc(NC(=O)N(S)C2CCN(c3nncc4cc(Br)ccc34)CC2)c1. The van der Waals surface area contributed by atoms with Crippen molar-refractivity contribution in [3.05, 3.63) is 53.1 Å². The predicted octanol–water partition coefficient (Wildman–Crippen LogP) is 4.75. The highest BCUT2D eigenvalue weighted by molar-refractivity contribution is 9.10. The Kier molecular flexibility index (Phi) is 6.29. The van der Waals surface area contributed by atoms with Crippen molar-refractivity contribution in [3.8, 4) is 5.75 Å². The molecule has 2 amide bonds. The Balaban J connectivity index is 1.40. The molecule has 1 saturated heterocycles. The third kappa shape index (κ3) is 4.46. The Labute approximate surface area is 189 Å². The first-order valence-electron chi connectivity index (χ1n) is 9.64. The standard InChI is InChI=1S/C21H22BrN5O2S/c1-29-18-4-2-3-16(12-18)24-21(28)27(30)17-7-9-26(10-8-17)20-19-6-5-15(22)11-14(19)13-23-25-20/h2-6,11-13,17,30H,7-10H2,1H3,(H,24,28). The van der Waals surface area contributed by atoms with Crippen molar-refractivity contribution in [2.45, 2.75) is 18.9 Å². The van der Waals surface area contributed by atoms with E-state index in [0.717, 1.165) is 47.0 Å². The summed E-state index contributed by atoms with van der Waals surface area (Å²) in [5.74, 6) is 1.57. The summed E-state index contributed by atoms with van der Waals surface area (Å²) in [6.45, 7) is 1.55. The number of halogens is 1. The maximum absolute atomic E-state index is 12.6. The Morgan fingerprint density at radius 2 is 2.07 bits per heavy atom. The van der Waals surface area contributed by atoms with Crippen LogP contribution in [0.2, 0.25) is 0 Å². The molecule has 0 aliphatic carbocycles. The number of aromatic nitrogens is 2. The van der Waals surface area contributed by atoms with E-state index in [4.69, 9.17) is 4.74 Å². The van der Waals surface area contributed by atoms with Crippen LogP contribution in [-0.2, 0) is 0 Å². The van der Waals surface area contributed by atoms with Crippen LogP contribution in [0.25, 0.3) is 10.8 Å². The molecule has 0 bridgehead atoms. The number of nitrogens with one attached hydrogen (secondary N) is 1. The summed E-state index contributed by atoms with van der Waals surface area (Å²) >= 11 is 7.97. The molecular weight excluding hydrogens is 466 g/mol. The minimum absolute atomic E-state index is 0.0345. The molecular formula is C21H22BrN5O2S. The van der Waals surface area contributed by atoms with Crippen molar-refractivity contribution < 1.29 is 9.53 Å². The number of methoxy groups -OCH3 is 1. The second-order valence-corrected chi connectivity index (χ2v) is 8.47. The molecule has 9 heteroatoms. The zero-order chi connectivity index (χ0) is 21.1. The summed E-state index contributed by atoms with van der Waals surface area (Å²) in [4.78, 5) is 14.9. The van der Waals surface area contributed by atoms with Crippen LogP contribution in [0.5, 0.6) is 5.75 Å². The maximum atomic E-state index is 12.6. The van der Waals surface area contributed by atoms with Crippen LogP contribution in [0.4, 0.5) is 16.3 Å². The Morgan fingerprint density at radius 1 is 1.27 bits per heavy atom. The van der Waals surface area contributed by atoms with E-state index in [1.165, 1.54) is 4.31 Å². The second-order valence-electron chi connectivity index (χ2n) is 7.12. The van der Waals surface area contributed by atoms with E-state index < -0.39 is 0 Å². The van der Waals surface area contributed by atoms with Crippen molar-refractivity contribution in [2.75, 3.05) is 30.4 Å². The summed E-state index contributed by atoms with van der Waals surface area (Å²) in [6.07, 6.45) is 3.36. The topological polar surface area (TPSA) is 70.6 Å². The number of thiol groups is 1. The lowest BCUT2D eigenvalue weighted by atomic mass is 10.0. The Morgan fingerprint density at radius 3 is 2.83 bits per heavy atom. The van der Waals surface area contributed by atoms with Gasteiger partial charge in [-0.1, -0.05) is 34.8 Å². The largest absolute Gasteiger partial charge is 0.497 e. The molecule has 2 aromatic carbocycles. The highest BCUT2D eigenvalue weighted by Crippen LogP contribution is 2.29. The Bertz CT molecular complexity index is 1060. The van der Waals surface area contributed by atoms with Crippen LogP contribution in [0.1, 0.15) is 12.8 Å². The molecule has 0 atom stereocenters. The fourth-order valence-corrected chi connectivity index (χ4v) is 4.31. The number of nitrogens with zero attached hydrogens (tertiary/aromatic N) is 4. The molecule has 156 valence electrons. The average molecular weight is 488 g/mol. The van der Waals surface area contributed by atoms with E-state index in [2.05, 4.69) is 55.2 Å². The molecule has 1 aliphatic rings. The number of carbonyl (C=O) groups excluding carboxylic acids is 1. The van der Waals surface area contributed by atoms with Crippen molar-refractivity contribution in [1.29, 1.82) is 0 Å². The van der Waals surface area contributed by atoms with E-state index in [9.17, 15) is 4.79 Å². The quantitative estimate of drug-likeness (QED) is 0.519. The van der Waals surface area contributed by atoms with Crippen molar-refractivity contribution in [3.63, 3.8) is 0 Å². The normalized spacial score (nSPS) is 14.6. The minimum Gasteiger partial charge on any atom is -0.497 e. The molecule has 0 radical (unpaired) electrons. The highest BCUT2D eigenvalue weighted by Gasteiger charge is 2.27. The first kappa shape index (κ1) is 20.7. The van der Waals surface area contributed by atoms with Crippen molar-refractivity contribution >= 4 is 57.1 Å².